The molecule has 0 bridgehead atoms. The molecule has 0 aromatic heterocycles. The maximum Gasteiger partial charge on any atom is 0.000670 e. The molecule has 0 saturated carbocycles. The number of hydrogen-bond donors (Lipinski definition) is 0. The van der Waals surface area contributed by atoms with E-state index in [1.807, 2.05) is 12.2 Å². The first kappa shape index (κ1) is 7.33. The maximum atomic E-state index is 3.80. The van der Waals surface area contributed by atoms with E-state index in [1.54, 1.807) is 0 Å². The average Bonchev–Trinajstić information content (AvgIpc) is 2.04. The first-order valence-corrected chi connectivity index (χ1v) is 3.80. The highest BCUT2D eigenvalue weighted by molar-refractivity contribution is 5.08. The lowest BCUT2D eigenvalue weighted by atomic mass is 9.84. The first-order chi connectivity index (χ1) is 4.88. The Hall–Kier alpha value is -0.780. The van der Waals surface area contributed by atoms with Gasteiger partial charge in [0.2, 0.25) is 0 Å². The Morgan fingerprint density at radius 3 is 2.60 bits per heavy atom. The van der Waals surface area contributed by atoms with Crippen LogP contribution in [0.4, 0.5) is 0 Å². The summed E-state index contributed by atoms with van der Waals surface area (Å²) in [6, 6.07) is 0. The molecule has 0 fully saturated rings. The number of hydrogen-bond acceptors (Lipinski definition) is 0. The molecule has 0 radical (unpaired) electrons. The van der Waals surface area contributed by atoms with Gasteiger partial charge in [0.05, 0.1) is 0 Å². The van der Waals surface area contributed by atoms with E-state index in [4.69, 9.17) is 0 Å². The van der Waals surface area contributed by atoms with Crippen LogP contribution in [-0.2, 0) is 0 Å². The van der Waals surface area contributed by atoms with E-state index in [1.165, 1.54) is 12.8 Å². The van der Waals surface area contributed by atoms with E-state index in [9.17, 15) is 0 Å². The maximum absolute atomic E-state index is 3.80. The molecule has 0 aliphatic heterocycles. The van der Waals surface area contributed by atoms with Crippen molar-refractivity contribution >= 4 is 0 Å². The van der Waals surface area contributed by atoms with Gasteiger partial charge in [0, 0.05) is 5.92 Å². The van der Waals surface area contributed by atoms with Crippen molar-refractivity contribution in [2.45, 2.75) is 12.8 Å². The Labute approximate surface area is 62.9 Å². The second kappa shape index (κ2) is 3.40. The molecule has 0 nitrogen and oxygen atoms in total. The third-order valence-electron chi connectivity index (χ3n) is 2.09. The van der Waals surface area contributed by atoms with E-state index >= 15 is 0 Å². The fourth-order valence-corrected chi connectivity index (χ4v) is 1.41. The van der Waals surface area contributed by atoms with E-state index in [0.717, 1.165) is 0 Å². The van der Waals surface area contributed by atoms with Crippen LogP contribution in [0.25, 0.3) is 0 Å². The van der Waals surface area contributed by atoms with E-state index < -0.39 is 0 Å². The molecular formula is C10H14. The van der Waals surface area contributed by atoms with Gasteiger partial charge in [-0.2, -0.15) is 0 Å². The summed E-state index contributed by atoms with van der Waals surface area (Å²) in [6.45, 7) is 7.58. The number of allylic oxidation sites excluding steroid dienone is 4. The van der Waals surface area contributed by atoms with Gasteiger partial charge >= 0.3 is 0 Å². The van der Waals surface area contributed by atoms with Crippen molar-refractivity contribution in [2.24, 2.45) is 11.8 Å². The second-order valence-corrected chi connectivity index (χ2v) is 2.72. The van der Waals surface area contributed by atoms with E-state index in [-0.39, 0.29) is 0 Å². The second-order valence-electron chi connectivity index (χ2n) is 2.72. The van der Waals surface area contributed by atoms with Gasteiger partial charge in [-0.1, -0.05) is 24.3 Å². The third kappa shape index (κ3) is 1.38. The Kier molecular flexibility index (Phi) is 2.49. The summed E-state index contributed by atoms with van der Waals surface area (Å²) < 4.78 is 0. The summed E-state index contributed by atoms with van der Waals surface area (Å²) >= 11 is 0. The summed E-state index contributed by atoms with van der Waals surface area (Å²) in [5.74, 6) is 1.16. The van der Waals surface area contributed by atoms with Crippen molar-refractivity contribution in [1.29, 1.82) is 0 Å². The predicted octanol–water partition coefficient (Wildman–Crippen LogP) is 2.94. The molecule has 0 heterocycles. The van der Waals surface area contributed by atoms with Gasteiger partial charge in [0.25, 0.3) is 0 Å². The molecule has 0 unspecified atom stereocenters. The molecule has 0 aromatic carbocycles. The Balaban J connectivity index is 2.64. The van der Waals surface area contributed by atoms with E-state index in [0.29, 0.717) is 11.8 Å². The van der Waals surface area contributed by atoms with Crippen molar-refractivity contribution in [3.8, 4) is 0 Å². The van der Waals surface area contributed by atoms with E-state index in [2.05, 4.69) is 25.3 Å². The van der Waals surface area contributed by atoms with Crippen LogP contribution in [0.5, 0.6) is 0 Å². The van der Waals surface area contributed by atoms with Crippen LogP contribution in [0, 0.1) is 11.8 Å². The molecule has 2 atom stereocenters. The highest BCUT2D eigenvalue weighted by Gasteiger charge is 2.14. The molecule has 10 heavy (non-hydrogen) atoms. The highest BCUT2D eigenvalue weighted by atomic mass is 14.2. The van der Waals surface area contributed by atoms with Crippen molar-refractivity contribution in [3.63, 3.8) is 0 Å². The zero-order valence-corrected chi connectivity index (χ0v) is 6.29. The summed E-state index contributed by atoms with van der Waals surface area (Å²) in [4.78, 5) is 0. The predicted molar refractivity (Wildman–Crippen MR) is 45.7 cm³/mol. The van der Waals surface area contributed by atoms with Gasteiger partial charge < -0.3 is 0 Å². The number of rotatable bonds is 2. The van der Waals surface area contributed by atoms with Crippen molar-refractivity contribution in [1.82, 2.24) is 0 Å². The van der Waals surface area contributed by atoms with Gasteiger partial charge in [-0.3, -0.25) is 0 Å². The lowest BCUT2D eigenvalue weighted by Crippen LogP contribution is -2.10. The van der Waals surface area contributed by atoms with Gasteiger partial charge in [-0.15, -0.1) is 13.2 Å². The SMILES string of the molecule is C=C[C@@H]1C=CCC[C@@H]1C=C. The Morgan fingerprint density at radius 2 is 2.10 bits per heavy atom. The summed E-state index contributed by atoms with van der Waals surface area (Å²) in [5, 5.41) is 0. The van der Waals surface area contributed by atoms with Gasteiger partial charge in [-0.05, 0) is 18.8 Å². The normalized spacial score (nSPS) is 31.6. The minimum atomic E-state index is 0.534. The van der Waals surface area contributed by atoms with Gasteiger partial charge in [0.15, 0.2) is 0 Å². The largest absolute Gasteiger partial charge is 0.103 e. The van der Waals surface area contributed by atoms with Crippen LogP contribution in [-0.4, -0.2) is 0 Å². The third-order valence-corrected chi connectivity index (χ3v) is 2.09. The quantitative estimate of drug-likeness (QED) is 0.509. The molecule has 0 aromatic rings. The Morgan fingerprint density at radius 1 is 1.30 bits per heavy atom. The van der Waals surface area contributed by atoms with Crippen LogP contribution in [0.1, 0.15) is 12.8 Å². The lowest BCUT2D eigenvalue weighted by molar-refractivity contribution is 0.498. The molecule has 1 rings (SSSR count). The average molecular weight is 134 g/mol. The zero-order valence-electron chi connectivity index (χ0n) is 6.29. The first-order valence-electron chi connectivity index (χ1n) is 3.80. The summed E-state index contributed by atoms with van der Waals surface area (Å²) in [7, 11) is 0. The fourth-order valence-electron chi connectivity index (χ4n) is 1.41. The fraction of sp³-hybridized carbons (Fsp3) is 0.400. The topological polar surface area (TPSA) is 0 Å². The van der Waals surface area contributed by atoms with Gasteiger partial charge in [0.1, 0.15) is 0 Å². The van der Waals surface area contributed by atoms with Crippen LogP contribution >= 0.6 is 0 Å². The van der Waals surface area contributed by atoms with Gasteiger partial charge in [-0.25, -0.2) is 0 Å². The van der Waals surface area contributed by atoms with Crippen molar-refractivity contribution in [2.75, 3.05) is 0 Å². The zero-order chi connectivity index (χ0) is 7.40. The molecule has 1 aliphatic carbocycles. The molecule has 0 N–H and O–H groups in total. The van der Waals surface area contributed by atoms with Crippen molar-refractivity contribution < 1.29 is 0 Å². The van der Waals surface area contributed by atoms with Crippen LogP contribution in [0.3, 0.4) is 0 Å². The molecule has 0 spiro atoms. The standard InChI is InChI=1S/C10H14/c1-3-9-7-5-6-8-10(9)4-2/h3-5,7,9-10H,1-2,6,8H2/t9-,10+/m1/s1. The van der Waals surface area contributed by atoms with Crippen molar-refractivity contribution in [3.05, 3.63) is 37.5 Å². The minimum absolute atomic E-state index is 0.534. The molecular weight excluding hydrogens is 120 g/mol. The van der Waals surface area contributed by atoms with Crippen LogP contribution in [0.15, 0.2) is 37.5 Å². The minimum Gasteiger partial charge on any atom is -0.103 e. The highest BCUT2D eigenvalue weighted by Crippen LogP contribution is 2.25. The van der Waals surface area contributed by atoms with Crippen LogP contribution < -0.4 is 0 Å². The molecule has 0 heteroatoms. The smallest absolute Gasteiger partial charge is 0.000670 e. The molecule has 1 aliphatic rings. The summed E-state index contributed by atoms with van der Waals surface area (Å²) in [6.07, 6.45) is 10.9. The molecule has 0 saturated heterocycles. The molecule has 54 valence electrons. The summed E-state index contributed by atoms with van der Waals surface area (Å²) in [5.41, 5.74) is 0. The lowest BCUT2D eigenvalue weighted by Gasteiger charge is -2.21. The van der Waals surface area contributed by atoms with Crippen LogP contribution in [0.2, 0.25) is 0 Å². The Bertz CT molecular complexity index is 153. The molecule has 0 amide bonds. The monoisotopic (exact) mass is 134 g/mol.